The van der Waals surface area contributed by atoms with Crippen LogP contribution in [0.15, 0.2) is 18.6 Å². The zero-order chi connectivity index (χ0) is 19.8. The molecule has 1 aromatic heterocycles. The Kier molecular flexibility index (Phi) is 7.73. The molecule has 3 rings (SSSR count). The normalized spacial score (nSPS) is 25.8. The van der Waals surface area contributed by atoms with Crippen molar-refractivity contribution in [3.05, 3.63) is 24.3 Å². The maximum absolute atomic E-state index is 12.5. The topological polar surface area (TPSA) is 113 Å². The van der Waals surface area contributed by atoms with E-state index in [1.165, 1.54) is 25.0 Å². The van der Waals surface area contributed by atoms with Gasteiger partial charge in [-0.1, -0.05) is 19.3 Å². The number of carbonyl (C=O) groups is 2. The molecule has 0 bridgehead atoms. The van der Waals surface area contributed by atoms with E-state index in [0.717, 1.165) is 38.5 Å². The number of rotatable bonds is 7. The van der Waals surface area contributed by atoms with E-state index in [1.54, 1.807) is 0 Å². The van der Waals surface area contributed by atoms with Gasteiger partial charge in [0.15, 0.2) is 0 Å². The molecule has 2 aliphatic rings. The molecule has 2 fully saturated rings. The highest BCUT2D eigenvalue weighted by atomic mass is 16.5. The van der Waals surface area contributed by atoms with Crippen LogP contribution in [0.2, 0.25) is 0 Å². The second-order valence-electron chi connectivity index (χ2n) is 7.64. The SMILES string of the molecule is O=C(NCC[C@H]1CC[C@H](NC(=O)C2CCCCC2)[C@@H](CO)O1)c1cnccn1. The first kappa shape index (κ1) is 20.7. The third-order valence-corrected chi connectivity index (χ3v) is 5.65. The Morgan fingerprint density at radius 2 is 1.96 bits per heavy atom. The summed E-state index contributed by atoms with van der Waals surface area (Å²) in [6.07, 6.45) is 11.5. The summed E-state index contributed by atoms with van der Waals surface area (Å²) < 4.78 is 5.98. The van der Waals surface area contributed by atoms with Crippen molar-refractivity contribution in [1.29, 1.82) is 0 Å². The highest BCUT2D eigenvalue weighted by molar-refractivity contribution is 5.91. The lowest BCUT2D eigenvalue weighted by Crippen LogP contribution is -2.52. The van der Waals surface area contributed by atoms with Gasteiger partial charge in [0.1, 0.15) is 11.8 Å². The van der Waals surface area contributed by atoms with E-state index in [-0.39, 0.29) is 42.2 Å². The minimum atomic E-state index is -0.401. The Balaban J connectivity index is 1.41. The van der Waals surface area contributed by atoms with Crippen molar-refractivity contribution in [2.75, 3.05) is 13.2 Å². The number of carbonyl (C=O) groups excluding carboxylic acids is 2. The van der Waals surface area contributed by atoms with Crippen molar-refractivity contribution in [3.63, 3.8) is 0 Å². The van der Waals surface area contributed by atoms with Crippen LogP contribution in [-0.4, -0.2) is 58.3 Å². The first-order valence-electron chi connectivity index (χ1n) is 10.3. The van der Waals surface area contributed by atoms with Gasteiger partial charge in [-0.25, -0.2) is 4.98 Å². The van der Waals surface area contributed by atoms with E-state index in [9.17, 15) is 14.7 Å². The fourth-order valence-corrected chi connectivity index (χ4v) is 4.03. The van der Waals surface area contributed by atoms with E-state index in [1.807, 2.05) is 0 Å². The molecule has 3 N–H and O–H groups in total. The smallest absolute Gasteiger partial charge is 0.271 e. The minimum absolute atomic E-state index is 0.0536. The van der Waals surface area contributed by atoms with Crippen LogP contribution >= 0.6 is 0 Å². The molecule has 1 aromatic rings. The largest absolute Gasteiger partial charge is 0.394 e. The summed E-state index contributed by atoms with van der Waals surface area (Å²) >= 11 is 0. The standard InChI is InChI=1S/C20H30N4O4/c25-13-18-16(24-19(26)14-4-2-1-3-5-14)7-6-15(28-18)8-9-23-20(27)17-12-21-10-11-22-17/h10-12,14-16,18,25H,1-9,13H2,(H,23,27)(H,24,26)/t15-,16+,18-/m1/s1. The van der Waals surface area contributed by atoms with E-state index < -0.39 is 6.10 Å². The molecule has 154 valence electrons. The molecule has 8 nitrogen and oxygen atoms in total. The van der Waals surface area contributed by atoms with Gasteiger partial charge >= 0.3 is 0 Å². The fourth-order valence-electron chi connectivity index (χ4n) is 4.03. The molecular formula is C20H30N4O4. The summed E-state index contributed by atoms with van der Waals surface area (Å²) in [4.78, 5) is 32.3. The molecule has 3 atom stereocenters. The average Bonchev–Trinajstić information content (AvgIpc) is 2.75. The zero-order valence-electron chi connectivity index (χ0n) is 16.2. The van der Waals surface area contributed by atoms with Crippen molar-refractivity contribution < 1.29 is 19.4 Å². The number of nitrogens with zero attached hydrogens (tertiary/aromatic N) is 2. The molecule has 28 heavy (non-hydrogen) atoms. The van der Waals surface area contributed by atoms with Gasteiger partial charge in [0.25, 0.3) is 5.91 Å². The number of hydrogen-bond donors (Lipinski definition) is 3. The highest BCUT2D eigenvalue weighted by Gasteiger charge is 2.33. The van der Waals surface area contributed by atoms with Crippen LogP contribution in [0, 0.1) is 5.92 Å². The van der Waals surface area contributed by atoms with Crippen molar-refractivity contribution >= 4 is 11.8 Å². The summed E-state index contributed by atoms with van der Waals surface area (Å²) in [6.45, 7) is 0.329. The number of nitrogens with one attached hydrogen (secondary N) is 2. The Labute approximate surface area is 165 Å². The van der Waals surface area contributed by atoms with E-state index in [2.05, 4.69) is 20.6 Å². The predicted octanol–water partition coefficient (Wildman–Crippen LogP) is 1.20. The van der Waals surface area contributed by atoms with Crippen LogP contribution in [0.5, 0.6) is 0 Å². The lowest BCUT2D eigenvalue weighted by molar-refractivity contribution is -0.132. The van der Waals surface area contributed by atoms with Gasteiger partial charge in [-0.2, -0.15) is 0 Å². The third kappa shape index (κ3) is 5.72. The Morgan fingerprint density at radius 1 is 1.14 bits per heavy atom. The predicted molar refractivity (Wildman–Crippen MR) is 102 cm³/mol. The average molecular weight is 390 g/mol. The monoisotopic (exact) mass is 390 g/mol. The minimum Gasteiger partial charge on any atom is -0.394 e. The molecule has 0 radical (unpaired) electrons. The number of aliphatic hydroxyl groups is 1. The molecule has 2 heterocycles. The van der Waals surface area contributed by atoms with Crippen molar-refractivity contribution in [2.24, 2.45) is 5.92 Å². The molecule has 0 aromatic carbocycles. The quantitative estimate of drug-likeness (QED) is 0.645. The van der Waals surface area contributed by atoms with E-state index in [4.69, 9.17) is 4.74 Å². The fraction of sp³-hybridized carbons (Fsp3) is 0.700. The lowest BCUT2D eigenvalue weighted by atomic mass is 9.88. The number of hydrogen-bond acceptors (Lipinski definition) is 6. The molecule has 0 spiro atoms. The van der Waals surface area contributed by atoms with Gasteiger partial charge in [0.2, 0.25) is 5.91 Å². The lowest BCUT2D eigenvalue weighted by Gasteiger charge is -2.37. The molecule has 8 heteroatoms. The van der Waals surface area contributed by atoms with Crippen LogP contribution in [0.25, 0.3) is 0 Å². The van der Waals surface area contributed by atoms with Crippen molar-refractivity contribution in [1.82, 2.24) is 20.6 Å². The van der Waals surface area contributed by atoms with Gasteiger partial charge < -0.3 is 20.5 Å². The number of ether oxygens (including phenoxy) is 1. The maximum Gasteiger partial charge on any atom is 0.271 e. The van der Waals surface area contributed by atoms with Gasteiger partial charge in [-0.3, -0.25) is 14.6 Å². The van der Waals surface area contributed by atoms with Gasteiger partial charge in [-0.15, -0.1) is 0 Å². The summed E-state index contributed by atoms with van der Waals surface area (Å²) in [5.41, 5.74) is 0.283. The number of aromatic nitrogens is 2. The van der Waals surface area contributed by atoms with E-state index in [0.29, 0.717) is 13.0 Å². The van der Waals surface area contributed by atoms with Crippen LogP contribution in [0.4, 0.5) is 0 Å². The van der Waals surface area contributed by atoms with Crippen LogP contribution in [0.3, 0.4) is 0 Å². The third-order valence-electron chi connectivity index (χ3n) is 5.65. The van der Waals surface area contributed by atoms with Crippen molar-refractivity contribution in [3.8, 4) is 0 Å². The molecule has 1 saturated carbocycles. The molecule has 1 saturated heterocycles. The molecule has 1 aliphatic carbocycles. The van der Waals surface area contributed by atoms with Gasteiger partial charge in [0.05, 0.1) is 24.9 Å². The Morgan fingerprint density at radius 3 is 2.68 bits per heavy atom. The second kappa shape index (κ2) is 10.5. The summed E-state index contributed by atoms with van der Waals surface area (Å²) in [6, 6.07) is -0.148. The first-order chi connectivity index (χ1) is 13.7. The number of aliphatic hydroxyl groups excluding tert-OH is 1. The van der Waals surface area contributed by atoms with Gasteiger partial charge in [0, 0.05) is 24.9 Å². The van der Waals surface area contributed by atoms with Crippen LogP contribution in [0.1, 0.15) is 61.9 Å². The second-order valence-corrected chi connectivity index (χ2v) is 7.64. The van der Waals surface area contributed by atoms with E-state index >= 15 is 0 Å². The van der Waals surface area contributed by atoms with Crippen LogP contribution in [-0.2, 0) is 9.53 Å². The Hall–Kier alpha value is -2.06. The molecule has 1 aliphatic heterocycles. The maximum atomic E-state index is 12.5. The van der Waals surface area contributed by atoms with Crippen LogP contribution < -0.4 is 10.6 Å². The van der Waals surface area contributed by atoms with Crippen molar-refractivity contribution in [2.45, 2.75) is 69.6 Å². The Bertz CT molecular complexity index is 636. The summed E-state index contributed by atoms with van der Waals surface area (Å²) in [7, 11) is 0. The first-order valence-corrected chi connectivity index (χ1v) is 10.3. The van der Waals surface area contributed by atoms with Gasteiger partial charge in [-0.05, 0) is 32.1 Å². The zero-order valence-corrected chi connectivity index (χ0v) is 16.2. The number of amides is 2. The summed E-state index contributed by atoms with van der Waals surface area (Å²) in [5.74, 6) is -0.0659. The summed E-state index contributed by atoms with van der Waals surface area (Å²) in [5, 5.41) is 15.6. The molecule has 2 amide bonds. The molecular weight excluding hydrogens is 360 g/mol. The molecule has 0 unspecified atom stereocenters. The highest BCUT2D eigenvalue weighted by Crippen LogP contribution is 2.26.